The molecule has 4 nitrogen and oxygen atoms in total. The minimum Gasteiger partial charge on any atom is -0.496 e. The van der Waals surface area contributed by atoms with Crippen LogP contribution in [0.3, 0.4) is 0 Å². The molecule has 0 aliphatic heterocycles. The van der Waals surface area contributed by atoms with Crippen LogP contribution in [0.2, 0.25) is 0 Å². The third kappa shape index (κ3) is 7.64. The molecule has 1 aliphatic rings. The van der Waals surface area contributed by atoms with Crippen LogP contribution in [-0.2, 0) is 22.6 Å². The molecule has 0 heterocycles. The highest BCUT2D eigenvalue weighted by Gasteiger charge is 2.45. The molecule has 3 rings (SSSR count). The number of carbonyl (C=O) groups is 1. The topological polar surface area (TPSA) is 58.6 Å². The zero-order valence-electron chi connectivity index (χ0n) is 21.9. The van der Waals surface area contributed by atoms with Crippen molar-refractivity contribution in [3.63, 3.8) is 0 Å². The maximum atomic E-state index is 14.2. The van der Waals surface area contributed by atoms with Crippen LogP contribution in [-0.4, -0.2) is 23.7 Å². The van der Waals surface area contributed by atoms with Gasteiger partial charge in [-0.15, -0.1) is 0 Å². The quantitative estimate of drug-likeness (QED) is 0.321. The summed E-state index contributed by atoms with van der Waals surface area (Å²) in [4.78, 5) is 13.5. The van der Waals surface area contributed by atoms with E-state index in [9.17, 15) is 40.6 Å². The van der Waals surface area contributed by atoms with E-state index in [1.54, 1.807) is 13.8 Å². The molecule has 1 saturated carbocycles. The summed E-state index contributed by atoms with van der Waals surface area (Å²) in [5.41, 5.74) is -6.86. The molecule has 0 spiro atoms. The number of alkyl halides is 6. The van der Waals surface area contributed by atoms with Gasteiger partial charge in [-0.3, -0.25) is 4.79 Å². The number of amides is 1. The Bertz CT molecular complexity index is 1140. The number of methoxy groups -OCH3 is 1. The van der Waals surface area contributed by atoms with Gasteiger partial charge in [0, 0.05) is 11.3 Å². The van der Waals surface area contributed by atoms with Crippen molar-refractivity contribution in [2.45, 2.75) is 82.2 Å². The fourth-order valence-corrected chi connectivity index (χ4v) is 5.42. The summed E-state index contributed by atoms with van der Waals surface area (Å²) >= 11 is 0. The normalized spacial score (nSPS) is 17.0. The number of rotatable bonds is 8. The Hall–Kier alpha value is -2.82. The first kappa shape index (κ1) is 30.7. The molecule has 1 unspecified atom stereocenters. The van der Waals surface area contributed by atoms with Crippen molar-refractivity contribution in [1.29, 1.82) is 0 Å². The van der Waals surface area contributed by atoms with Crippen LogP contribution >= 0.6 is 0 Å². The van der Waals surface area contributed by atoms with Gasteiger partial charge < -0.3 is 15.2 Å². The summed E-state index contributed by atoms with van der Waals surface area (Å²) in [5.74, 6) is -1.51. The van der Waals surface area contributed by atoms with Crippen LogP contribution in [0.1, 0.15) is 75.5 Å². The summed E-state index contributed by atoms with van der Waals surface area (Å²) < 4.78 is 99.6. The number of nitrogens with one attached hydrogen (secondary N) is 1. The standard InChI is InChI=1S/C28H32F7NO3/c1-25(2,22-14-20(29)9-10-23(22)39-3)16-26(38,15-17-7-5-4-6-8-17)24(37)36-21-12-18(27(30,31)32)11-19(13-21)28(33,34)35/h9-14,17,38H,4-8,15-16H2,1-3H3,(H,36,37). The van der Waals surface area contributed by atoms with Crippen molar-refractivity contribution in [2.24, 2.45) is 5.92 Å². The zero-order chi connectivity index (χ0) is 29.2. The van der Waals surface area contributed by atoms with E-state index in [1.807, 2.05) is 0 Å². The first-order valence-electron chi connectivity index (χ1n) is 12.6. The molecule has 1 amide bonds. The molecule has 1 aliphatic carbocycles. The SMILES string of the molecule is COc1ccc(F)cc1C(C)(C)CC(O)(CC1CCCCC1)C(=O)Nc1cc(C(F)(F)F)cc(C(F)(F)F)c1. The maximum absolute atomic E-state index is 14.2. The Morgan fingerprint density at radius 1 is 0.949 bits per heavy atom. The van der Waals surface area contributed by atoms with Gasteiger partial charge in [0.2, 0.25) is 0 Å². The molecule has 2 aromatic carbocycles. The van der Waals surface area contributed by atoms with Gasteiger partial charge in [-0.25, -0.2) is 4.39 Å². The lowest BCUT2D eigenvalue weighted by molar-refractivity contribution is -0.143. The average molecular weight is 564 g/mol. The number of aliphatic hydroxyl groups is 1. The number of hydrogen-bond donors (Lipinski definition) is 2. The largest absolute Gasteiger partial charge is 0.496 e. The van der Waals surface area contributed by atoms with Gasteiger partial charge >= 0.3 is 12.4 Å². The summed E-state index contributed by atoms with van der Waals surface area (Å²) in [6.07, 6.45) is -6.43. The van der Waals surface area contributed by atoms with Crippen LogP contribution in [0.5, 0.6) is 5.75 Å². The highest BCUT2D eigenvalue weighted by molar-refractivity contribution is 5.97. The third-order valence-corrected chi connectivity index (χ3v) is 7.24. The second-order valence-corrected chi connectivity index (χ2v) is 10.9. The van der Waals surface area contributed by atoms with Gasteiger partial charge in [-0.1, -0.05) is 46.0 Å². The summed E-state index contributed by atoms with van der Waals surface area (Å²) in [6, 6.07) is 4.55. The molecule has 11 heteroatoms. The van der Waals surface area contributed by atoms with Crippen molar-refractivity contribution in [3.05, 3.63) is 58.9 Å². The third-order valence-electron chi connectivity index (χ3n) is 7.24. The lowest BCUT2D eigenvalue weighted by Gasteiger charge is -2.39. The molecule has 39 heavy (non-hydrogen) atoms. The Morgan fingerprint density at radius 2 is 1.51 bits per heavy atom. The highest BCUT2D eigenvalue weighted by atomic mass is 19.4. The molecule has 0 saturated heterocycles. The molecule has 0 aromatic heterocycles. The summed E-state index contributed by atoms with van der Waals surface area (Å²) in [5, 5.41) is 13.9. The van der Waals surface area contributed by atoms with Gasteiger partial charge in [0.1, 0.15) is 17.2 Å². The number of hydrogen-bond acceptors (Lipinski definition) is 3. The summed E-state index contributed by atoms with van der Waals surface area (Å²) in [7, 11) is 1.37. The predicted octanol–water partition coefficient (Wildman–Crippen LogP) is 7.88. The Kier molecular flexibility index (Phi) is 8.94. The van der Waals surface area contributed by atoms with E-state index in [2.05, 4.69) is 5.32 Å². The van der Waals surface area contributed by atoms with Crippen molar-refractivity contribution in [1.82, 2.24) is 0 Å². The summed E-state index contributed by atoms with van der Waals surface area (Å²) in [6.45, 7) is 3.30. The molecule has 1 atom stereocenters. The average Bonchev–Trinajstić information content (AvgIpc) is 2.83. The van der Waals surface area contributed by atoms with Gasteiger partial charge in [0.05, 0.1) is 18.2 Å². The van der Waals surface area contributed by atoms with Crippen molar-refractivity contribution in [2.75, 3.05) is 12.4 Å². The van der Waals surface area contributed by atoms with E-state index in [0.29, 0.717) is 36.3 Å². The zero-order valence-corrected chi connectivity index (χ0v) is 21.9. The number of benzene rings is 2. The fourth-order valence-electron chi connectivity index (χ4n) is 5.42. The van der Waals surface area contributed by atoms with Crippen LogP contribution < -0.4 is 10.1 Å². The molecule has 216 valence electrons. The van der Waals surface area contributed by atoms with Crippen molar-refractivity contribution in [3.8, 4) is 5.75 Å². The van der Waals surface area contributed by atoms with Crippen molar-refractivity contribution < 1.29 is 45.4 Å². The predicted molar refractivity (Wildman–Crippen MR) is 132 cm³/mol. The first-order chi connectivity index (χ1) is 17.9. The van der Waals surface area contributed by atoms with E-state index in [4.69, 9.17) is 4.74 Å². The highest BCUT2D eigenvalue weighted by Crippen LogP contribution is 2.43. The number of anilines is 1. The maximum Gasteiger partial charge on any atom is 0.416 e. The first-order valence-corrected chi connectivity index (χ1v) is 12.6. The molecule has 0 bridgehead atoms. The lowest BCUT2D eigenvalue weighted by atomic mass is 9.70. The number of halogens is 7. The molecule has 0 radical (unpaired) electrons. The van der Waals surface area contributed by atoms with Crippen LogP contribution in [0, 0.1) is 11.7 Å². The number of carbonyl (C=O) groups excluding carboxylic acids is 1. The minimum atomic E-state index is -5.10. The minimum absolute atomic E-state index is 0.0385. The van der Waals surface area contributed by atoms with Gasteiger partial charge in [-0.05, 0) is 60.6 Å². The molecule has 1 fully saturated rings. The molecular weight excluding hydrogens is 531 g/mol. The van der Waals surface area contributed by atoms with E-state index in [1.165, 1.54) is 25.3 Å². The Labute approximate surface area is 222 Å². The van der Waals surface area contributed by atoms with E-state index in [-0.39, 0.29) is 24.8 Å². The van der Waals surface area contributed by atoms with Crippen molar-refractivity contribution >= 4 is 11.6 Å². The van der Waals surface area contributed by atoms with Crippen LogP contribution in [0.4, 0.5) is 36.4 Å². The van der Waals surface area contributed by atoms with Crippen LogP contribution in [0.15, 0.2) is 36.4 Å². The molecular formula is C28H32F7NO3. The monoisotopic (exact) mass is 563 g/mol. The van der Waals surface area contributed by atoms with E-state index >= 15 is 0 Å². The fraction of sp³-hybridized carbons (Fsp3) is 0.536. The second-order valence-electron chi connectivity index (χ2n) is 10.9. The molecule has 2 N–H and O–H groups in total. The van der Waals surface area contributed by atoms with Gasteiger partial charge in [-0.2, -0.15) is 26.3 Å². The lowest BCUT2D eigenvalue weighted by Crippen LogP contribution is -2.48. The number of ether oxygens (including phenoxy) is 1. The van der Waals surface area contributed by atoms with Gasteiger partial charge in [0.15, 0.2) is 0 Å². The van der Waals surface area contributed by atoms with Crippen LogP contribution in [0.25, 0.3) is 0 Å². The smallest absolute Gasteiger partial charge is 0.416 e. The molecule has 2 aromatic rings. The van der Waals surface area contributed by atoms with E-state index in [0.717, 1.165) is 19.3 Å². The Balaban J connectivity index is 2.02. The second kappa shape index (κ2) is 11.3. The van der Waals surface area contributed by atoms with E-state index < -0.39 is 51.9 Å². The van der Waals surface area contributed by atoms with Gasteiger partial charge in [0.25, 0.3) is 5.91 Å². The Morgan fingerprint density at radius 3 is 2.03 bits per heavy atom.